The van der Waals surface area contributed by atoms with Crippen LogP contribution in [-0.4, -0.2) is 10.1 Å². The fourth-order valence-corrected chi connectivity index (χ4v) is 4.32. The number of rotatable bonds is 3. The van der Waals surface area contributed by atoms with Gasteiger partial charge in [-0.15, -0.1) is 0 Å². The Labute approximate surface area is 161 Å². The fraction of sp³-hybridized carbons (Fsp3) is 0.211. The molecule has 1 aromatic heterocycles. The van der Waals surface area contributed by atoms with Crippen LogP contribution in [0, 0.1) is 0 Å². The van der Waals surface area contributed by atoms with E-state index in [0.29, 0.717) is 10.6 Å². The number of fused-ring (bicyclic) bond motifs is 1. The Hall–Kier alpha value is -2.94. The normalized spacial score (nSPS) is 16.2. The van der Waals surface area contributed by atoms with Crippen molar-refractivity contribution in [2.24, 2.45) is 0 Å². The molecule has 0 aliphatic heterocycles. The molecule has 0 spiro atoms. The van der Waals surface area contributed by atoms with E-state index in [2.05, 4.69) is 4.98 Å². The molecule has 2 aromatic carbocycles. The summed E-state index contributed by atoms with van der Waals surface area (Å²) in [6, 6.07) is 8.30. The molecule has 0 saturated carbocycles. The maximum Gasteiger partial charge on any atom is 0.416 e. The van der Waals surface area contributed by atoms with Gasteiger partial charge in [0.2, 0.25) is 5.88 Å². The van der Waals surface area contributed by atoms with Gasteiger partial charge in [-0.05, 0) is 54.3 Å². The zero-order valence-corrected chi connectivity index (χ0v) is 15.2. The molecular formula is C19H15F3N2O3S. The highest BCUT2D eigenvalue weighted by atomic mass is 32.1. The monoisotopic (exact) mass is 408 g/mol. The number of nitrogen functional groups attached to an aromatic ring is 1. The SMILES string of the molecule is Nc1cc(C(F)(F)F)ccc1Oc1ccc2c(c1)CC[C@H]2c1sc(=O)[nH]c1O. The lowest BCUT2D eigenvalue weighted by atomic mass is 10.00. The van der Waals surface area contributed by atoms with Gasteiger partial charge in [-0.1, -0.05) is 17.4 Å². The van der Waals surface area contributed by atoms with E-state index < -0.39 is 11.7 Å². The summed E-state index contributed by atoms with van der Waals surface area (Å²) in [6.45, 7) is 0. The third-order valence-electron chi connectivity index (χ3n) is 4.73. The van der Waals surface area contributed by atoms with E-state index in [-0.39, 0.29) is 28.1 Å². The number of nitrogens with two attached hydrogens (primary N) is 1. The number of aromatic nitrogens is 1. The predicted octanol–water partition coefficient (Wildman–Crippen LogP) is 4.61. The maximum atomic E-state index is 12.7. The average Bonchev–Trinajstić information content (AvgIpc) is 3.17. The summed E-state index contributed by atoms with van der Waals surface area (Å²) in [4.78, 5) is 14.1. The quantitative estimate of drug-likeness (QED) is 0.552. The Balaban J connectivity index is 1.59. The molecule has 1 atom stereocenters. The molecule has 28 heavy (non-hydrogen) atoms. The van der Waals surface area contributed by atoms with Crippen LogP contribution in [0.15, 0.2) is 41.2 Å². The Kier molecular flexibility index (Phi) is 4.34. The number of benzene rings is 2. The lowest BCUT2D eigenvalue weighted by Gasteiger charge is -2.13. The first kappa shape index (κ1) is 18.4. The number of hydrogen-bond acceptors (Lipinski definition) is 5. The Morgan fingerprint density at radius 3 is 2.64 bits per heavy atom. The number of halogens is 3. The Morgan fingerprint density at radius 1 is 1.21 bits per heavy atom. The number of thiazole rings is 1. The van der Waals surface area contributed by atoms with Crippen LogP contribution in [-0.2, 0) is 12.6 Å². The average molecular weight is 408 g/mol. The molecule has 9 heteroatoms. The lowest BCUT2D eigenvalue weighted by Crippen LogP contribution is -2.06. The molecular weight excluding hydrogens is 393 g/mol. The summed E-state index contributed by atoms with van der Waals surface area (Å²) in [5.74, 6) is 0.413. The van der Waals surface area contributed by atoms with Crippen molar-refractivity contribution in [1.29, 1.82) is 0 Å². The van der Waals surface area contributed by atoms with Crippen LogP contribution in [0.25, 0.3) is 0 Å². The van der Waals surface area contributed by atoms with Gasteiger partial charge in [-0.2, -0.15) is 13.2 Å². The molecule has 5 nitrogen and oxygen atoms in total. The van der Waals surface area contributed by atoms with Crippen LogP contribution in [0.5, 0.6) is 17.4 Å². The first-order valence-corrected chi connectivity index (χ1v) is 9.23. The summed E-state index contributed by atoms with van der Waals surface area (Å²) < 4.78 is 43.9. The van der Waals surface area contributed by atoms with Crippen LogP contribution in [0.2, 0.25) is 0 Å². The molecule has 0 amide bonds. The van der Waals surface area contributed by atoms with Gasteiger partial charge in [-0.25, -0.2) is 0 Å². The zero-order chi connectivity index (χ0) is 20.1. The number of aromatic hydroxyl groups is 1. The van der Waals surface area contributed by atoms with Gasteiger partial charge >= 0.3 is 11.0 Å². The molecule has 0 unspecified atom stereocenters. The summed E-state index contributed by atoms with van der Waals surface area (Å²) in [5.41, 5.74) is 6.75. The van der Waals surface area contributed by atoms with Crippen molar-refractivity contribution in [3.05, 3.63) is 67.6 Å². The van der Waals surface area contributed by atoms with E-state index in [1.54, 1.807) is 12.1 Å². The van der Waals surface area contributed by atoms with Crippen molar-refractivity contribution in [2.75, 3.05) is 5.73 Å². The zero-order valence-electron chi connectivity index (χ0n) is 14.3. The number of nitrogens with one attached hydrogen (secondary N) is 1. The molecule has 4 N–H and O–H groups in total. The number of alkyl halides is 3. The summed E-state index contributed by atoms with van der Waals surface area (Å²) in [7, 11) is 0. The molecule has 1 aliphatic carbocycles. The van der Waals surface area contributed by atoms with E-state index in [1.165, 1.54) is 6.07 Å². The van der Waals surface area contributed by atoms with E-state index >= 15 is 0 Å². The number of aryl methyl sites for hydroxylation is 1. The number of ether oxygens (including phenoxy) is 1. The second-order valence-corrected chi connectivity index (χ2v) is 7.55. The van der Waals surface area contributed by atoms with Gasteiger partial charge in [0.15, 0.2) is 0 Å². The van der Waals surface area contributed by atoms with Gasteiger partial charge in [-0.3, -0.25) is 9.78 Å². The van der Waals surface area contributed by atoms with E-state index in [9.17, 15) is 23.1 Å². The third kappa shape index (κ3) is 3.33. The maximum absolute atomic E-state index is 12.7. The number of aromatic amines is 1. The molecule has 0 bridgehead atoms. The van der Waals surface area contributed by atoms with E-state index in [1.807, 2.05) is 6.07 Å². The predicted molar refractivity (Wildman–Crippen MR) is 99.1 cm³/mol. The highest BCUT2D eigenvalue weighted by molar-refractivity contribution is 7.09. The summed E-state index contributed by atoms with van der Waals surface area (Å²) in [5, 5.41) is 9.91. The minimum Gasteiger partial charge on any atom is -0.494 e. The van der Waals surface area contributed by atoms with Crippen LogP contribution >= 0.6 is 11.3 Å². The van der Waals surface area contributed by atoms with Crippen LogP contribution in [0.4, 0.5) is 18.9 Å². The highest BCUT2D eigenvalue weighted by Crippen LogP contribution is 2.44. The minimum atomic E-state index is -4.47. The first-order chi connectivity index (χ1) is 13.2. The molecule has 1 aliphatic rings. The van der Waals surface area contributed by atoms with Gasteiger partial charge in [0.05, 0.1) is 16.1 Å². The molecule has 4 rings (SSSR count). The van der Waals surface area contributed by atoms with Crippen molar-refractivity contribution < 1.29 is 23.0 Å². The smallest absolute Gasteiger partial charge is 0.416 e. The van der Waals surface area contributed by atoms with Crippen molar-refractivity contribution in [3.63, 3.8) is 0 Å². The molecule has 3 aromatic rings. The number of anilines is 1. The highest BCUT2D eigenvalue weighted by Gasteiger charge is 2.31. The van der Waals surface area contributed by atoms with Crippen LogP contribution in [0.1, 0.15) is 33.9 Å². The second kappa shape index (κ2) is 6.59. The van der Waals surface area contributed by atoms with Crippen molar-refractivity contribution in [1.82, 2.24) is 4.98 Å². The van der Waals surface area contributed by atoms with Crippen molar-refractivity contribution in [3.8, 4) is 17.4 Å². The third-order valence-corrected chi connectivity index (χ3v) is 5.72. The van der Waals surface area contributed by atoms with Crippen molar-refractivity contribution >= 4 is 17.0 Å². The Bertz CT molecular complexity index is 1100. The molecule has 1 heterocycles. The van der Waals surface area contributed by atoms with E-state index in [0.717, 1.165) is 47.4 Å². The lowest BCUT2D eigenvalue weighted by molar-refractivity contribution is -0.137. The number of hydrogen-bond donors (Lipinski definition) is 3. The second-order valence-electron chi connectivity index (χ2n) is 6.53. The topological polar surface area (TPSA) is 88.3 Å². The van der Waals surface area contributed by atoms with Crippen LogP contribution < -0.4 is 15.3 Å². The number of H-pyrrole nitrogens is 1. The molecule has 0 saturated heterocycles. The summed E-state index contributed by atoms with van der Waals surface area (Å²) in [6.07, 6.45) is -3.00. The minimum absolute atomic E-state index is 0.0795. The molecule has 146 valence electrons. The van der Waals surface area contributed by atoms with Gasteiger partial charge in [0.25, 0.3) is 0 Å². The van der Waals surface area contributed by atoms with E-state index in [4.69, 9.17) is 10.5 Å². The van der Waals surface area contributed by atoms with Crippen LogP contribution in [0.3, 0.4) is 0 Å². The summed E-state index contributed by atoms with van der Waals surface area (Å²) >= 11 is 0.986. The van der Waals surface area contributed by atoms with Gasteiger partial charge in [0.1, 0.15) is 11.5 Å². The molecule has 0 radical (unpaired) electrons. The first-order valence-electron chi connectivity index (χ1n) is 8.42. The van der Waals surface area contributed by atoms with Gasteiger partial charge in [0, 0.05) is 5.92 Å². The van der Waals surface area contributed by atoms with Crippen molar-refractivity contribution in [2.45, 2.75) is 24.9 Å². The largest absolute Gasteiger partial charge is 0.494 e. The standard InChI is InChI=1S/C19H15F3N2O3S/c20-19(21,22)10-2-6-15(14(23)8-10)27-11-3-5-12-9(7-11)1-4-13(12)16-17(25)24-18(26)28-16/h2-3,5-8,13,25H,1,4,23H2,(H,24,26)/t13-/m1/s1. The fourth-order valence-electron chi connectivity index (χ4n) is 3.44. The Morgan fingerprint density at radius 2 is 2.00 bits per heavy atom. The van der Waals surface area contributed by atoms with Gasteiger partial charge < -0.3 is 15.6 Å². The molecule has 0 fully saturated rings.